The van der Waals surface area contributed by atoms with E-state index in [4.69, 9.17) is 14.0 Å². The van der Waals surface area contributed by atoms with E-state index < -0.39 is 10.1 Å². The van der Waals surface area contributed by atoms with E-state index in [9.17, 15) is 8.42 Å². The largest absolute Gasteiger partial charge is 0.498 e. The van der Waals surface area contributed by atoms with Crippen LogP contribution >= 0.6 is 11.3 Å². The molecule has 1 heterocycles. The third kappa shape index (κ3) is 5.42. The third-order valence-electron chi connectivity index (χ3n) is 3.68. The number of allylic oxidation sites excluding steroid dienone is 1. The number of aryl methyl sites for hydroxylation is 1. The van der Waals surface area contributed by atoms with Gasteiger partial charge < -0.3 is 9.47 Å². The van der Waals surface area contributed by atoms with Gasteiger partial charge in [0.2, 0.25) is 5.52 Å². The fourth-order valence-electron chi connectivity index (χ4n) is 2.52. The smallest absolute Gasteiger partial charge is 0.266 e. The van der Waals surface area contributed by atoms with Crippen LogP contribution in [0, 0.1) is 0 Å². The number of aromatic nitrogens is 1. The average molecular weight is 387 g/mol. The first-order chi connectivity index (χ1) is 11.9. The molecule has 6 nitrogen and oxygen atoms in total. The van der Waals surface area contributed by atoms with E-state index >= 15 is 0 Å². The van der Waals surface area contributed by atoms with Crippen LogP contribution in [0.25, 0.3) is 16.3 Å². The van der Waals surface area contributed by atoms with Gasteiger partial charge in [-0.1, -0.05) is 18.3 Å². The molecule has 0 amide bonds. The van der Waals surface area contributed by atoms with E-state index in [-0.39, 0.29) is 5.75 Å². The Hall–Kier alpha value is -1.64. The van der Waals surface area contributed by atoms with Crippen molar-refractivity contribution in [2.75, 3.05) is 19.5 Å². The molecule has 2 rings (SSSR count). The van der Waals surface area contributed by atoms with Gasteiger partial charge in [-0.05, 0) is 19.1 Å². The van der Waals surface area contributed by atoms with Crippen LogP contribution in [0.4, 0.5) is 0 Å². The molecule has 0 spiro atoms. The Labute approximate surface area is 152 Å². The van der Waals surface area contributed by atoms with Gasteiger partial charge in [0.05, 0.1) is 31.6 Å². The molecule has 0 aliphatic rings. The van der Waals surface area contributed by atoms with Gasteiger partial charge in [0, 0.05) is 12.8 Å². The van der Waals surface area contributed by atoms with Gasteiger partial charge in [-0.2, -0.15) is 13.0 Å². The van der Waals surface area contributed by atoms with Crippen molar-refractivity contribution in [3.05, 3.63) is 29.0 Å². The Kier molecular flexibility index (Phi) is 6.80. The summed E-state index contributed by atoms with van der Waals surface area (Å²) < 4.78 is 45.1. The maximum atomic E-state index is 11.0. The van der Waals surface area contributed by atoms with Crippen molar-refractivity contribution in [2.45, 2.75) is 33.2 Å². The zero-order chi connectivity index (χ0) is 18.4. The number of hydrogen-bond donors (Lipinski definition) is 1. The molecular formula is C17H24NO5S2+. The Bertz CT molecular complexity index is 855. The highest BCUT2D eigenvalue weighted by molar-refractivity contribution is 7.85. The molecule has 0 fully saturated rings. The number of thiazole rings is 1. The molecule has 0 saturated heterocycles. The minimum atomic E-state index is -3.97. The van der Waals surface area contributed by atoms with E-state index in [0.29, 0.717) is 19.6 Å². The van der Waals surface area contributed by atoms with Gasteiger partial charge in [0.15, 0.2) is 6.54 Å². The molecule has 0 atom stereocenters. The normalized spacial score (nSPS) is 12.6. The molecule has 0 radical (unpaired) electrons. The fraction of sp³-hybridized carbons (Fsp3) is 0.471. The Morgan fingerprint density at radius 2 is 2.12 bits per heavy atom. The standard InChI is InChI=1S/C17H23NO5S2/c1-4-13(23-5-2)12-17-18(9-6-10-25(19,20)21)15-11-14(22-3)7-8-16(15)24-17/h7-8,11-12H,4-6,9-10H2,1-3H3/p+1. The lowest BCUT2D eigenvalue weighted by atomic mass is 10.3. The van der Waals surface area contributed by atoms with Crippen LogP contribution in [-0.4, -0.2) is 32.4 Å². The lowest BCUT2D eigenvalue weighted by Gasteiger charge is -2.04. The summed E-state index contributed by atoms with van der Waals surface area (Å²) in [6.45, 7) is 5.04. The van der Waals surface area contributed by atoms with Gasteiger partial charge in [-0.15, -0.1) is 0 Å². The first kappa shape index (κ1) is 19.7. The lowest BCUT2D eigenvalue weighted by molar-refractivity contribution is -0.668. The number of hydrogen-bond acceptors (Lipinski definition) is 5. The summed E-state index contributed by atoms with van der Waals surface area (Å²) in [4.78, 5) is 0. The quantitative estimate of drug-likeness (QED) is 0.407. The van der Waals surface area contributed by atoms with Gasteiger partial charge in [0.25, 0.3) is 15.1 Å². The summed E-state index contributed by atoms with van der Waals surface area (Å²) in [5.74, 6) is 1.35. The first-order valence-corrected chi connectivity index (χ1v) is 10.6. The maximum Gasteiger partial charge on any atom is 0.266 e. The second-order valence-electron chi connectivity index (χ2n) is 5.46. The van der Waals surface area contributed by atoms with Crippen LogP contribution in [0.3, 0.4) is 0 Å². The number of ether oxygens (including phenoxy) is 2. The second-order valence-corrected chi connectivity index (χ2v) is 8.10. The highest BCUT2D eigenvalue weighted by Crippen LogP contribution is 2.26. The van der Waals surface area contributed by atoms with Gasteiger partial charge in [-0.3, -0.25) is 4.55 Å². The highest BCUT2D eigenvalue weighted by Gasteiger charge is 2.21. The fourth-order valence-corrected chi connectivity index (χ4v) is 4.14. The van der Waals surface area contributed by atoms with Crippen molar-refractivity contribution >= 4 is 37.7 Å². The number of nitrogens with zero attached hydrogens (tertiary/aromatic N) is 1. The molecule has 0 unspecified atom stereocenters. The highest BCUT2D eigenvalue weighted by atomic mass is 32.2. The van der Waals surface area contributed by atoms with Crippen LogP contribution in [-0.2, 0) is 21.4 Å². The molecule has 25 heavy (non-hydrogen) atoms. The molecule has 1 aromatic heterocycles. The Morgan fingerprint density at radius 3 is 2.72 bits per heavy atom. The van der Waals surface area contributed by atoms with Crippen molar-refractivity contribution in [3.8, 4) is 5.75 Å². The predicted octanol–water partition coefficient (Wildman–Crippen LogP) is 3.26. The lowest BCUT2D eigenvalue weighted by Crippen LogP contribution is -2.36. The van der Waals surface area contributed by atoms with Gasteiger partial charge in [0.1, 0.15) is 16.2 Å². The molecule has 138 valence electrons. The zero-order valence-electron chi connectivity index (χ0n) is 14.7. The van der Waals surface area contributed by atoms with Crippen molar-refractivity contribution < 1.29 is 27.0 Å². The first-order valence-electron chi connectivity index (χ1n) is 8.16. The maximum absolute atomic E-state index is 11.0. The summed E-state index contributed by atoms with van der Waals surface area (Å²) >= 11 is 1.61. The van der Waals surface area contributed by atoms with E-state index in [1.54, 1.807) is 18.4 Å². The average Bonchev–Trinajstić information content (AvgIpc) is 2.90. The van der Waals surface area contributed by atoms with Gasteiger partial charge >= 0.3 is 0 Å². The van der Waals surface area contributed by atoms with Crippen LogP contribution in [0.5, 0.6) is 5.75 Å². The third-order valence-corrected chi connectivity index (χ3v) is 5.60. The second kappa shape index (κ2) is 8.64. The van der Waals surface area contributed by atoms with Crippen molar-refractivity contribution in [3.63, 3.8) is 0 Å². The van der Waals surface area contributed by atoms with Crippen LogP contribution in [0.15, 0.2) is 24.0 Å². The minimum Gasteiger partial charge on any atom is -0.498 e. The molecule has 0 aliphatic carbocycles. The Balaban J connectivity index is 2.45. The summed E-state index contributed by atoms with van der Waals surface area (Å²) in [6.07, 6.45) is 3.09. The summed E-state index contributed by atoms with van der Waals surface area (Å²) in [5, 5.41) is 0.976. The Morgan fingerprint density at radius 1 is 1.36 bits per heavy atom. The molecule has 2 aromatic rings. The molecule has 0 saturated carbocycles. The molecule has 0 bridgehead atoms. The SMILES string of the molecule is CCOC(=Cc1sc2ccc(OC)cc2[n+]1CCCS(=O)(=O)O)CC. The van der Waals surface area contributed by atoms with Gasteiger partial charge in [-0.25, -0.2) is 0 Å². The number of fused-ring (bicyclic) bond motifs is 1. The minimum absolute atomic E-state index is 0.267. The summed E-state index contributed by atoms with van der Waals surface area (Å²) in [5.41, 5.74) is 0.970. The molecular weight excluding hydrogens is 362 g/mol. The predicted molar refractivity (Wildman–Crippen MR) is 99.5 cm³/mol. The topological polar surface area (TPSA) is 76.7 Å². The van der Waals surface area contributed by atoms with Crippen molar-refractivity contribution in [2.24, 2.45) is 0 Å². The van der Waals surface area contributed by atoms with Crippen molar-refractivity contribution in [1.29, 1.82) is 0 Å². The monoisotopic (exact) mass is 386 g/mol. The van der Waals surface area contributed by atoms with E-state index in [1.165, 1.54) is 0 Å². The zero-order valence-corrected chi connectivity index (χ0v) is 16.3. The summed E-state index contributed by atoms with van der Waals surface area (Å²) in [6, 6.07) is 5.82. The van der Waals surface area contributed by atoms with Crippen LogP contribution in [0.1, 0.15) is 31.7 Å². The van der Waals surface area contributed by atoms with Crippen LogP contribution < -0.4 is 9.30 Å². The number of methoxy groups -OCH3 is 1. The molecule has 8 heteroatoms. The molecule has 1 N–H and O–H groups in total. The van der Waals surface area contributed by atoms with E-state index in [2.05, 4.69) is 0 Å². The number of benzene rings is 1. The molecule has 1 aromatic carbocycles. The van der Waals surface area contributed by atoms with E-state index in [0.717, 1.165) is 33.2 Å². The molecule has 0 aliphatic heterocycles. The summed E-state index contributed by atoms with van der Waals surface area (Å²) in [7, 11) is -2.35. The van der Waals surface area contributed by atoms with E-state index in [1.807, 2.05) is 42.7 Å². The number of rotatable bonds is 9. The van der Waals surface area contributed by atoms with Crippen LogP contribution in [0.2, 0.25) is 0 Å². The van der Waals surface area contributed by atoms with Crippen molar-refractivity contribution in [1.82, 2.24) is 0 Å².